The summed E-state index contributed by atoms with van der Waals surface area (Å²) >= 11 is 0. The van der Waals surface area contributed by atoms with Crippen molar-refractivity contribution < 1.29 is 0 Å². The van der Waals surface area contributed by atoms with Gasteiger partial charge in [0.15, 0.2) is 0 Å². The molecule has 0 radical (unpaired) electrons. The Morgan fingerprint density at radius 2 is 2.29 bits per heavy atom. The predicted octanol–water partition coefficient (Wildman–Crippen LogP) is 1.14. The van der Waals surface area contributed by atoms with E-state index < -0.39 is 0 Å². The van der Waals surface area contributed by atoms with Crippen LogP contribution in [0.2, 0.25) is 0 Å². The number of rotatable bonds is 1. The van der Waals surface area contributed by atoms with Gasteiger partial charge in [-0.05, 0) is 31.9 Å². The maximum Gasteiger partial charge on any atom is 0.251 e. The Morgan fingerprint density at radius 3 is 3.00 bits per heavy atom. The number of H-pyrrole nitrogens is 1. The van der Waals surface area contributed by atoms with Crippen molar-refractivity contribution in [3.8, 4) is 0 Å². The van der Waals surface area contributed by atoms with E-state index in [4.69, 9.17) is 0 Å². The monoisotopic (exact) mass is 192 g/mol. The summed E-state index contributed by atoms with van der Waals surface area (Å²) in [4.78, 5) is 16.6. The summed E-state index contributed by atoms with van der Waals surface area (Å²) in [6, 6.07) is 2.58. The predicted molar refractivity (Wildman–Crippen MR) is 56.3 cm³/mol. The molecular weight excluding hydrogens is 176 g/mol. The molecule has 0 saturated carbocycles. The van der Waals surface area contributed by atoms with Gasteiger partial charge < -0.3 is 4.98 Å². The summed E-state index contributed by atoms with van der Waals surface area (Å²) < 4.78 is 0. The van der Waals surface area contributed by atoms with E-state index in [1.54, 1.807) is 6.20 Å². The van der Waals surface area contributed by atoms with Gasteiger partial charge in [0, 0.05) is 30.9 Å². The van der Waals surface area contributed by atoms with Crippen molar-refractivity contribution in [1.82, 2.24) is 9.88 Å². The number of fused-ring (bicyclic) bond motifs is 1. The van der Waals surface area contributed by atoms with Gasteiger partial charge in [-0.3, -0.25) is 9.69 Å². The Labute approximate surface area is 83.8 Å². The first-order valence-corrected chi connectivity index (χ1v) is 5.12. The maximum atomic E-state index is 11.5. The summed E-state index contributed by atoms with van der Waals surface area (Å²) in [5, 5.41) is 0. The van der Waals surface area contributed by atoms with Crippen LogP contribution in [0, 0.1) is 0 Å². The molecule has 1 aliphatic rings. The smallest absolute Gasteiger partial charge is 0.251 e. The van der Waals surface area contributed by atoms with E-state index in [9.17, 15) is 4.79 Å². The van der Waals surface area contributed by atoms with Crippen molar-refractivity contribution in [2.45, 2.75) is 32.9 Å². The zero-order chi connectivity index (χ0) is 10.1. The quantitative estimate of drug-likeness (QED) is 0.724. The van der Waals surface area contributed by atoms with Crippen LogP contribution in [0.5, 0.6) is 0 Å². The van der Waals surface area contributed by atoms with Gasteiger partial charge in [-0.1, -0.05) is 0 Å². The summed E-state index contributed by atoms with van der Waals surface area (Å²) in [5.74, 6) is 0. The third-order valence-electron chi connectivity index (χ3n) is 2.91. The van der Waals surface area contributed by atoms with Crippen LogP contribution in [0.4, 0.5) is 0 Å². The van der Waals surface area contributed by atoms with Crippen LogP contribution in [0.15, 0.2) is 17.1 Å². The van der Waals surface area contributed by atoms with Crippen LogP contribution in [-0.4, -0.2) is 22.5 Å². The number of aromatic nitrogens is 1. The fourth-order valence-corrected chi connectivity index (χ4v) is 1.97. The van der Waals surface area contributed by atoms with E-state index in [1.165, 1.54) is 5.56 Å². The average molecular weight is 192 g/mol. The van der Waals surface area contributed by atoms with E-state index in [0.29, 0.717) is 6.04 Å². The van der Waals surface area contributed by atoms with Crippen LogP contribution >= 0.6 is 0 Å². The first-order chi connectivity index (χ1) is 6.68. The van der Waals surface area contributed by atoms with Gasteiger partial charge in [-0.2, -0.15) is 0 Å². The van der Waals surface area contributed by atoms with Gasteiger partial charge in [0.1, 0.15) is 0 Å². The lowest BCUT2D eigenvalue weighted by molar-refractivity contribution is 0.203. The van der Waals surface area contributed by atoms with Crippen LogP contribution in [0.1, 0.15) is 25.0 Å². The molecule has 0 bridgehead atoms. The maximum absolute atomic E-state index is 11.5. The number of pyridine rings is 1. The van der Waals surface area contributed by atoms with Crippen molar-refractivity contribution in [2.75, 3.05) is 6.54 Å². The van der Waals surface area contributed by atoms with E-state index >= 15 is 0 Å². The molecule has 0 saturated heterocycles. The molecule has 2 heterocycles. The summed E-state index contributed by atoms with van der Waals surface area (Å²) in [5.41, 5.74) is 2.25. The van der Waals surface area contributed by atoms with Crippen molar-refractivity contribution in [2.24, 2.45) is 0 Å². The van der Waals surface area contributed by atoms with Gasteiger partial charge in [-0.25, -0.2) is 0 Å². The second-order valence-electron chi connectivity index (χ2n) is 4.12. The molecule has 0 fully saturated rings. The third kappa shape index (κ3) is 1.60. The first-order valence-electron chi connectivity index (χ1n) is 5.12. The van der Waals surface area contributed by atoms with Gasteiger partial charge in [0.05, 0.1) is 0 Å². The third-order valence-corrected chi connectivity index (χ3v) is 2.91. The van der Waals surface area contributed by atoms with Crippen LogP contribution in [0.3, 0.4) is 0 Å². The normalized spacial score (nSPS) is 17.1. The zero-order valence-corrected chi connectivity index (χ0v) is 8.71. The second-order valence-corrected chi connectivity index (χ2v) is 4.12. The summed E-state index contributed by atoms with van der Waals surface area (Å²) in [6.07, 6.45) is 2.62. The molecule has 76 valence electrons. The fourth-order valence-electron chi connectivity index (χ4n) is 1.97. The highest BCUT2D eigenvalue weighted by Gasteiger charge is 2.19. The van der Waals surface area contributed by atoms with Crippen LogP contribution in [0.25, 0.3) is 0 Å². The first kappa shape index (κ1) is 9.46. The summed E-state index contributed by atoms with van der Waals surface area (Å²) in [6.45, 7) is 6.30. The molecule has 0 amide bonds. The molecule has 0 spiro atoms. The molecule has 3 heteroatoms. The van der Waals surface area contributed by atoms with E-state index in [1.807, 2.05) is 6.07 Å². The molecule has 0 unspecified atom stereocenters. The molecule has 0 atom stereocenters. The topological polar surface area (TPSA) is 36.1 Å². The highest BCUT2D eigenvalue weighted by Crippen LogP contribution is 2.16. The summed E-state index contributed by atoms with van der Waals surface area (Å²) in [7, 11) is 0. The molecule has 1 N–H and O–H groups in total. The molecule has 1 aromatic heterocycles. The minimum Gasteiger partial charge on any atom is -0.329 e. The van der Waals surface area contributed by atoms with Crippen molar-refractivity contribution in [1.29, 1.82) is 0 Å². The van der Waals surface area contributed by atoms with Gasteiger partial charge in [-0.15, -0.1) is 0 Å². The lowest BCUT2D eigenvalue weighted by atomic mass is 10.0. The Kier molecular flexibility index (Phi) is 2.42. The number of nitrogens with one attached hydrogen (secondary N) is 1. The van der Waals surface area contributed by atoms with Gasteiger partial charge in [0.25, 0.3) is 5.56 Å². The molecule has 1 aromatic rings. The zero-order valence-electron chi connectivity index (χ0n) is 8.71. The highest BCUT2D eigenvalue weighted by molar-refractivity contribution is 5.25. The Balaban J connectivity index is 2.32. The van der Waals surface area contributed by atoms with Crippen molar-refractivity contribution in [3.05, 3.63) is 33.7 Å². The lowest BCUT2D eigenvalue weighted by Gasteiger charge is -2.31. The number of nitrogens with zero attached hydrogens (tertiary/aromatic N) is 1. The largest absolute Gasteiger partial charge is 0.329 e. The van der Waals surface area contributed by atoms with Crippen molar-refractivity contribution >= 4 is 0 Å². The standard InChI is InChI=1S/C11H16N2O/c1-8(2)13-6-4-10-9(7-13)3-5-12-11(10)14/h3,5,8H,4,6-7H2,1-2H3,(H,12,14). The molecular formula is C11H16N2O. The van der Waals surface area contributed by atoms with E-state index in [2.05, 4.69) is 23.7 Å². The van der Waals surface area contributed by atoms with Crippen LogP contribution < -0.4 is 5.56 Å². The number of hydrogen-bond donors (Lipinski definition) is 1. The van der Waals surface area contributed by atoms with Gasteiger partial charge in [0.2, 0.25) is 0 Å². The number of aromatic amines is 1. The van der Waals surface area contributed by atoms with Crippen molar-refractivity contribution in [3.63, 3.8) is 0 Å². The minimum atomic E-state index is 0.0888. The molecule has 2 rings (SSSR count). The molecule has 1 aliphatic heterocycles. The highest BCUT2D eigenvalue weighted by atomic mass is 16.1. The van der Waals surface area contributed by atoms with E-state index in [-0.39, 0.29) is 5.56 Å². The molecule has 3 nitrogen and oxygen atoms in total. The Hall–Kier alpha value is -1.09. The number of hydrogen-bond acceptors (Lipinski definition) is 2. The molecule has 0 aromatic carbocycles. The Morgan fingerprint density at radius 1 is 1.50 bits per heavy atom. The SMILES string of the molecule is CC(C)N1CCc2c(cc[nH]c2=O)C1. The van der Waals surface area contributed by atoms with Crippen LogP contribution in [-0.2, 0) is 13.0 Å². The minimum absolute atomic E-state index is 0.0888. The Bertz CT molecular complexity index is 381. The molecule has 14 heavy (non-hydrogen) atoms. The molecule has 0 aliphatic carbocycles. The lowest BCUT2D eigenvalue weighted by Crippen LogP contribution is -2.38. The average Bonchev–Trinajstić information content (AvgIpc) is 2.17. The second kappa shape index (κ2) is 3.58. The fraction of sp³-hybridized carbons (Fsp3) is 0.545. The van der Waals surface area contributed by atoms with E-state index in [0.717, 1.165) is 25.1 Å². The van der Waals surface area contributed by atoms with Gasteiger partial charge >= 0.3 is 0 Å².